The van der Waals surface area contributed by atoms with Crippen LogP contribution in [0.3, 0.4) is 0 Å². The summed E-state index contributed by atoms with van der Waals surface area (Å²) < 4.78 is 0. The molecular weight excluding hydrogens is 178 g/mol. The molecule has 1 atom stereocenters. The van der Waals surface area contributed by atoms with Crippen LogP contribution < -0.4 is 5.73 Å². The van der Waals surface area contributed by atoms with Crippen molar-refractivity contribution in [3.8, 4) is 0 Å². The van der Waals surface area contributed by atoms with Crippen LogP contribution >= 0.6 is 11.3 Å². The van der Waals surface area contributed by atoms with Crippen molar-refractivity contribution in [3.63, 3.8) is 0 Å². The van der Waals surface area contributed by atoms with Crippen LogP contribution in [0.5, 0.6) is 0 Å². The highest BCUT2D eigenvalue weighted by atomic mass is 32.1. The van der Waals surface area contributed by atoms with Gasteiger partial charge in [0.1, 0.15) is 0 Å². The molecular formula is C11H17NS. The molecule has 1 heterocycles. The van der Waals surface area contributed by atoms with Crippen molar-refractivity contribution in [3.05, 3.63) is 34.5 Å². The van der Waals surface area contributed by atoms with Crippen molar-refractivity contribution in [2.75, 3.05) is 0 Å². The molecule has 0 aliphatic carbocycles. The zero-order valence-corrected chi connectivity index (χ0v) is 8.94. The minimum atomic E-state index is 0.284. The quantitative estimate of drug-likeness (QED) is 0.718. The molecule has 1 nitrogen and oxygen atoms in total. The van der Waals surface area contributed by atoms with Crippen molar-refractivity contribution in [1.82, 2.24) is 0 Å². The molecule has 0 aliphatic rings. The predicted octanol–water partition coefficient (Wildman–Crippen LogP) is 2.97. The molecule has 0 aromatic carbocycles. The first-order valence-electron chi connectivity index (χ1n) is 4.59. The van der Waals surface area contributed by atoms with Crippen LogP contribution in [-0.4, -0.2) is 6.04 Å². The summed E-state index contributed by atoms with van der Waals surface area (Å²) >= 11 is 1.73. The molecule has 2 N–H and O–H groups in total. The fourth-order valence-corrected chi connectivity index (χ4v) is 1.93. The van der Waals surface area contributed by atoms with Crippen molar-refractivity contribution in [2.45, 2.75) is 32.2 Å². The Morgan fingerprint density at radius 1 is 1.69 bits per heavy atom. The zero-order chi connectivity index (χ0) is 9.68. The number of thiophene rings is 1. The van der Waals surface area contributed by atoms with E-state index in [0.717, 1.165) is 19.3 Å². The average molecular weight is 195 g/mol. The third-order valence-electron chi connectivity index (χ3n) is 2.02. The SMILES string of the molecule is C=C(C)CCC(N)Cc1ccsc1. The van der Waals surface area contributed by atoms with E-state index in [1.165, 1.54) is 11.1 Å². The summed E-state index contributed by atoms with van der Waals surface area (Å²) in [6, 6.07) is 2.43. The smallest absolute Gasteiger partial charge is 0.00826 e. The first-order chi connectivity index (χ1) is 6.18. The molecule has 0 fully saturated rings. The van der Waals surface area contributed by atoms with Gasteiger partial charge >= 0.3 is 0 Å². The van der Waals surface area contributed by atoms with E-state index in [1.807, 2.05) is 0 Å². The van der Waals surface area contributed by atoms with Gasteiger partial charge in [-0.3, -0.25) is 0 Å². The van der Waals surface area contributed by atoms with Gasteiger partial charge in [0.25, 0.3) is 0 Å². The Morgan fingerprint density at radius 2 is 2.46 bits per heavy atom. The lowest BCUT2D eigenvalue weighted by Gasteiger charge is -2.09. The molecule has 0 spiro atoms. The second-order valence-electron chi connectivity index (χ2n) is 3.59. The van der Waals surface area contributed by atoms with Crippen molar-refractivity contribution in [2.24, 2.45) is 5.73 Å². The van der Waals surface area contributed by atoms with Crippen LogP contribution in [0, 0.1) is 0 Å². The fraction of sp³-hybridized carbons (Fsp3) is 0.455. The van der Waals surface area contributed by atoms with Crippen LogP contribution in [-0.2, 0) is 6.42 Å². The van der Waals surface area contributed by atoms with Gasteiger partial charge in [0.05, 0.1) is 0 Å². The zero-order valence-electron chi connectivity index (χ0n) is 8.12. The van der Waals surface area contributed by atoms with Crippen molar-refractivity contribution < 1.29 is 0 Å². The number of hydrogen-bond acceptors (Lipinski definition) is 2. The molecule has 1 aromatic rings. The maximum Gasteiger partial charge on any atom is 0.00826 e. The summed E-state index contributed by atoms with van der Waals surface area (Å²) in [7, 11) is 0. The first kappa shape index (κ1) is 10.5. The largest absolute Gasteiger partial charge is 0.327 e. The van der Waals surface area contributed by atoms with Crippen LogP contribution in [0.25, 0.3) is 0 Å². The minimum Gasteiger partial charge on any atom is -0.327 e. The fourth-order valence-electron chi connectivity index (χ4n) is 1.25. The molecule has 0 aliphatic heterocycles. The summed E-state index contributed by atoms with van der Waals surface area (Å²) in [4.78, 5) is 0. The Kier molecular flexibility index (Phi) is 4.19. The molecule has 1 aromatic heterocycles. The van der Waals surface area contributed by atoms with E-state index in [0.29, 0.717) is 0 Å². The average Bonchev–Trinajstić information content (AvgIpc) is 2.53. The molecule has 0 amide bonds. The van der Waals surface area contributed by atoms with E-state index in [2.05, 4.69) is 30.3 Å². The van der Waals surface area contributed by atoms with Gasteiger partial charge < -0.3 is 5.73 Å². The topological polar surface area (TPSA) is 26.0 Å². The van der Waals surface area contributed by atoms with E-state index in [4.69, 9.17) is 5.73 Å². The molecule has 0 radical (unpaired) electrons. The predicted molar refractivity (Wildman–Crippen MR) is 60.0 cm³/mol. The van der Waals surface area contributed by atoms with Gasteiger partial charge in [-0.2, -0.15) is 11.3 Å². The highest BCUT2D eigenvalue weighted by Crippen LogP contribution is 2.11. The van der Waals surface area contributed by atoms with Gasteiger partial charge in [-0.15, -0.1) is 6.58 Å². The monoisotopic (exact) mass is 195 g/mol. The Balaban J connectivity index is 2.25. The number of allylic oxidation sites excluding steroid dienone is 1. The Labute approximate surface area is 84.3 Å². The lowest BCUT2D eigenvalue weighted by atomic mass is 10.0. The van der Waals surface area contributed by atoms with Gasteiger partial charge in [0.15, 0.2) is 0 Å². The van der Waals surface area contributed by atoms with E-state index >= 15 is 0 Å². The summed E-state index contributed by atoms with van der Waals surface area (Å²) in [6.07, 6.45) is 3.09. The van der Waals surface area contributed by atoms with Gasteiger partial charge in [0, 0.05) is 6.04 Å². The lowest BCUT2D eigenvalue weighted by Crippen LogP contribution is -2.22. The molecule has 0 saturated heterocycles. The third kappa shape index (κ3) is 4.25. The van der Waals surface area contributed by atoms with E-state index < -0.39 is 0 Å². The number of hydrogen-bond donors (Lipinski definition) is 1. The van der Waals surface area contributed by atoms with Gasteiger partial charge in [0.2, 0.25) is 0 Å². The molecule has 1 rings (SSSR count). The van der Waals surface area contributed by atoms with Gasteiger partial charge in [-0.25, -0.2) is 0 Å². The Bertz CT molecular complexity index is 251. The Morgan fingerprint density at radius 3 is 3.00 bits per heavy atom. The number of rotatable bonds is 5. The summed E-state index contributed by atoms with van der Waals surface area (Å²) in [5.41, 5.74) is 8.56. The highest BCUT2D eigenvalue weighted by Gasteiger charge is 2.03. The first-order valence-corrected chi connectivity index (χ1v) is 5.54. The van der Waals surface area contributed by atoms with Crippen molar-refractivity contribution in [1.29, 1.82) is 0 Å². The van der Waals surface area contributed by atoms with E-state index in [-0.39, 0.29) is 6.04 Å². The van der Waals surface area contributed by atoms with Crippen LogP contribution in [0.15, 0.2) is 29.0 Å². The molecule has 13 heavy (non-hydrogen) atoms. The van der Waals surface area contributed by atoms with Crippen LogP contribution in [0.2, 0.25) is 0 Å². The standard InChI is InChI=1S/C11H17NS/c1-9(2)3-4-11(12)7-10-5-6-13-8-10/h5-6,8,11H,1,3-4,7,12H2,2H3. The highest BCUT2D eigenvalue weighted by molar-refractivity contribution is 7.07. The second-order valence-corrected chi connectivity index (χ2v) is 4.37. The van der Waals surface area contributed by atoms with Gasteiger partial charge in [-0.1, -0.05) is 5.57 Å². The molecule has 0 saturated carbocycles. The summed E-state index contributed by atoms with van der Waals surface area (Å²) in [5.74, 6) is 0. The minimum absolute atomic E-state index is 0.284. The van der Waals surface area contributed by atoms with Crippen LogP contribution in [0.4, 0.5) is 0 Å². The summed E-state index contributed by atoms with van der Waals surface area (Å²) in [5, 5.41) is 4.27. The van der Waals surface area contributed by atoms with E-state index in [9.17, 15) is 0 Å². The Hall–Kier alpha value is -0.600. The van der Waals surface area contributed by atoms with E-state index in [1.54, 1.807) is 11.3 Å². The maximum atomic E-state index is 5.98. The molecule has 72 valence electrons. The third-order valence-corrected chi connectivity index (χ3v) is 2.75. The number of nitrogens with two attached hydrogens (primary N) is 1. The molecule has 2 heteroatoms. The van der Waals surface area contributed by atoms with Gasteiger partial charge in [-0.05, 0) is 48.6 Å². The summed E-state index contributed by atoms with van der Waals surface area (Å²) in [6.45, 7) is 5.92. The van der Waals surface area contributed by atoms with Crippen molar-refractivity contribution >= 4 is 11.3 Å². The molecule has 0 bridgehead atoms. The van der Waals surface area contributed by atoms with Crippen LogP contribution in [0.1, 0.15) is 25.3 Å². The normalized spacial score (nSPS) is 12.8. The second kappa shape index (κ2) is 5.20. The molecule has 1 unspecified atom stereocenters. The maximum absolute atomic E-state index is 5.98. The lowest BCUT2D eigenvalue weighted by molar-refractivity contribution is 0.610.